The number of anilines is 3. The number of para-hydroxylation sites is 3. The lowest BCUT2D eigenvalue weighted by molar-refractivity contribution is 0.767. The van der Waals surface area contributed by atoms with Gasteiger partial charge in [0.15, 0.2) is 0 Å². The molecule has 1 aromatic heterocycles. The molecule has 1 aliphatic rings. The largest absolute Gasteiger partial charge is 0.310 e. The summed E-state index contributed by atoms with van der Waals surface area (Å²) in [5.41, 5.74) is 21.1. The van der Waals surface area contributed by atoms with Crippen molar-refractivity contribution >= 4 is 38.9 Å². The quantitative estimate of drug-likeness (QED) is 0.148. The van der Waals surface area contributed by atoms with Crippen molar-refractivity contribution in [3.63, 3.8) is 0 Å². The van der Waals surface area contributed by atoms with E-state index in [0.717, 1.165) is 17.1 Å². The normalized spacial score (nSPS) is 12.6. The zero-order valence-corrected chi connectivity index (χ0v) is 36.5. The topological polar surface area (TPSA) is 8.17 Å². The van der Waals surface area contributed by atoms with E-state index in [9.17, 15) is 0 Å². The second kappa shape index (κ2) is 15.6. The first-order valence-corrected chi connectivity index (χ1v) is 22.6. The minimum atomic E-state index is -0.616. The third-order valence-electron chi connectivity index (χ3n) is 13.6. The van der Waals surface area contributed by atoms with Gasteiger partial charge in [0.1, 0.15) is 0 Å². The van der Waals surface area contributed by atoms with Gasteiger partial charge in [-0.3, -0.25) is 0 Å². The molecule has 0 radical (unpaired) electrons. The van der Waals surface area contributed by atoms with Crippen LogP contribution in [0.15, 0.2) is 243 Å². The lowest BCUT2D eigenvalue weighted by atomic mass is 9.67. The number of hydrogen-bond acceptors (Lipinski definition) is 1. The van der Waals surface area contributed by atoms with Crippen molar-refractivity contribution < 1.29 is 0 Å². The molecule has 0 unspecified atom stereocenters. The van der Waals surface area contributed by atoms with E-state index in [4.69, 9.17) is 0 Å². The summed E-state index contributed by atoms with van der Waals surface area (Å²) >= 11 is 0. The molecule has 0 amide bonds. The summed E-state index contributed by atoms with van der Waals surface area (Å²) in [5, 5.41) is 2.51. The van der Waals surface area contributed by atoms with Crippen LogP contribution in [0.5, 0.6) is 0 Å². The Labute approximate surface area is 381 Å². The first-order chi connectivity index (χ1) is 32.1. The maximum atomic E-state index is 2.49. The van der Waals surface area contributed by atoms with Crippen LogP contribution in [0.25, 0.3) is 60.9 Å². The van der Waals surface area contributed by atoms with Gasteiger partial charge >= 0.3 is 0 Å². The number of fused-ring (bicyclic) bond motifs is 6. The number of nitrogens with zero attached hydrogens (tertiary/aromatic N) is 2. The van der Waals surface area contributed by atoms with Gasteiger partial charge in [-0.1, -0.05) is 199 Å². The van der Waals surface area contributed by atoms with Crippen molar-refractivity contribution in [3.05, 3.63) is 276 Å². The third-order valence-corrected chi connectivity index (χ3v) is 13.6. The molecule has 1 aliphatic carbocycles. The zero-order valence-electron chi connectivity index (χ0n) is 36.5. The number of aromatic nitrogens is 1. The first-order valence-electron chi connectivity index (χ1n) is 22.6. The lowest BCUT2D eigenvalue weighted by Crippen LogP contribution is -2.29. The Kier molecular flexibility index (Phi) is 9.21. The molecular formula is C63H46N2. The van der Waals surface area contributed by atoms with E-state index in [1.165, 1.54) is 94.3 Å². The molecular weight excluding hydrogens is 785 g/mol. The molecule has 0 atom stereocenters. The standard InChI is InChI=1S/C63H46N2/c1-43-24-34-49(35-25-43)63(50-36-26-44(2)27-37-50)57-20-13-23-61(65-59-21-11-9-18-54(59)55-19-10-12-22-60(55)65)62(57)56-41-40-53(42-58(56)63)64(51-16-7-4-8-17-51)52-38-32-48(33-39-52)47-30-28-46(29-31-47)45-14-5-3-6-15-45/h3-42H,1-2H3. The monoisotopic (exact) mass is 830 g/mol. The van der Waals surface area contributed by atoms with Crippen molar-refractivity contribution in [3.8, 4) is 39.1 Å². The second-order valence-corrected chi connectivity index (χ2v) is 17.4. The van der Waals surface area contributed by atoms with Crippen LogP contribution in [0.3, 0.4) is 0 Å². The number of benzene rings is 10. The molecule has 0 N–H and O–H groups in total. The van der Waals surface area contributed by atoms with Crippen LogP contribution in [-0.2, 0) is 5.41 Å². The predicted octanol–water partition coefficient (Wildman–Crippen LogP) is 16.6. The summed E-state index contributed by atoms with van der Waals surface area (Å²) in [6.07, 6.45) is 0. The molecule has 10 aromatic carbocycles. The second-order valence-electron chi connectivity index (χ2n) is 17.4. The van der Waals surface area contributed by atoms with E-state index < -0.39 is 5.41 Å². The summed E-state index contributed by atoms with van der Waals surface area (Å²) in [5.74, 6) is 0. The lowest BCUT2D eigenvalue weighted by Gasteiger charge is -2.35. The van der Waals surface area contributed by atoms with Gasteiger partial charge in [-0.15, -0.1) is 0 Å². The van der Waals surface area contributed by atoms with Crippen LogP contribution in [0, 0.1) is 13.8 Å². The Hall–Kier alpha value is -8.20. The van der Waals surface area contributed by atoms with Crippen LogP contribution in [0.1, 0.15) is 33.4 Å². The van der Waals surface area contributed by atoms with Crippen molar-refractivity contribution in [2.75, 3.05) is 4.90 Å². The van der Waals surface area contributed by atoms with E-state index in [1.54, 1.807) is 0 Å². The van der Waals surface area contributed by atoms with E-state index in [2.05, 4.69) is 266 Å². The number of hydrogen-bond donors (Lipinski definition) is 0. The average molecular weight is 831 g/mol. The van der Waals surface area contributed by atoms with Crippen molar-refractivity contribution in [2.24, 2.45) is 0 Å². The molecule has 0 aliphatic heterocycles. The van der Waals surface area contributed by atoms with Gasteiger partial charge in [0.2, 0.25) is 0 Å². The average Bonchev–Trinajstić information content (AvgIpc) is 3.86. The maximum absolute atomic E-state index is 2.49. The third kappa shape index (κ3) is 6.25. The Morgan fingerprint density at radius 1 is 0.354 bits per heavy atom. The molecule has 0 bridgehead atoms. The Morgan fingerprint density at radius 3 is 1.38 bits per heavy atom. The fourth-order valence-electron chi connectivity index (χ4n) is 10.6. The van der Waals surface area contributed by atoms with Crippen LogP contribution in [0.2, 0.25) is 0 Å². The minimum absolute atomic E-state index is 0.616. The Morgan fingerprint density at radius 2 is 0.815 bits per heavy atom. The van der Waals surface area contributed by atoms with Crippen LogP contribution in [0.4, 0.5) is 17.1 Å². The summed E-state index contributed by atoms with van der Waals surface area (Å²) in [4.78, 5) is 2.41. The highest BCUT2D eigenvalue weighted by molar-refractivity contribution is 6.10. The highest BCUT2D eigenvalue weighted by atomic mass is 15.1. The fraction of sp³-hybridized carbons (Fsp3) is 0.0476. The van der Waals surface area contributed by atoms with Gasteiger partial charge in [-0.05, 0) is 119 Å². The zero-order chi connectivity index (χ0) is 43.5. The molecule has 0 saturated carbocycles. The van der Waals surface area contributed by atoms with E-state index in [0.29, 0.717) is 0 Å². The van der Waals surface area contributed by atoms with Gasteiger partial charge in [-0.2, -0.15) is 0 Å². The summed E-state index contributed by atoms with van der Waals surface area (Å²) in [6.45, 7) is 4.36. The number of rotatable bonds is 8. The van der Waals surface area contributed by atoms with E-state index >= 15 is 0 Å². The van der Waals surface area contributed by atoms with Gasteiger partial charge in [0.25, 0.3) is 0 Å². The Balaban J connectivity index is 1.08. The van der Waals surface area contributed by atoms with E-state index in [1.807, 2.05) is 0 Å². The van der Waals surface area contributed by atoms with Crippen molar-refractivity contribution in [1.82, 2.24) is 4.57 Å². The predicted molar refractivity (Wildman–Crippen MR) is 273 cm³/mol. The molecule has 12 rings (SSSR count). The molecule has 0 saturated heterocycles. The number of aryl methyl sites for hydroxylation is 2. The summed E-state index contributed by atoms with van der Waals surface area (Å²) < 4.78 is 2.49. The van der Waals surface area contributed by atoms with Crippen LogP contribution >= 0.6 is 0 Å². The molecule has 308 valence electrons. The minimum Gasteiger partial charge on any atom is -0.310 e. The van der Waals surface area contributed by atoms with Gasteiger partial charge in [0, 0.05) is 33.4 Å². The smallest absolute Gasteiger partial charge is 0.0715 e. The molecule has 11 aromatic rings. The molecule has 2 heteroatoms. The Bertz CT molecular complexity index is 3410. The molecule has 65 heavy (non-hydrogen) atoms. The van der Waals surface area contributed by atoms with Crippen molar-refractivity contribution in [1.29, 1.82) is 0 Å². The first kappa shape index (κ1) is 38.5. The van der Waals surface area contributed by atoms with Crippen LogP contribution in [-0.4, -0.2) is 4.57 Å². The molecule has 1 heterocycles. The van der Waals surface area contributed by atoms with Gasteiger partial charge < -0.3 is 9.47 Å². The molecule has 0 spiro atoms. The van der Waals surface area contributed by atoms with Gasteiger partial charge in [-0.25, -0.2) is 0 Å². The summed E-state index contributed by atoms with van der Waals surface area (Å²) in [7, 11) is 0. The highest BCUT2D eigenvalue weighted by Crippen LogP contribution is 2.59. The van der Waals surface area contributed by atoms with Gasteiger partial charge in [0.05, 0.1) is 22.1 Å². The SMILES string of the molecule is Cc1ccc(C2(c3ccc(C)cc3)c3cc(N(c4ccccc4)c4ccc(-c5ccc(-c6ccccc6)cc5)cc4)ccc3-c3c(-n4c5ccccc5c5ccccc54)cccc32)cc1. The molecule has 2 nitrogen and oxygen atoms in total. The van der Waals surface area contributed by atoms with Crippen LogP contribution < -0.4 is 4.90 Å². The maximum Gasteiger partial charge on any atom is 0.0715 e. The fourth-order valence-corrected chi connectivity index (χ4v) is 10.6. The highest BCUT2D eigenvalue weighted by Gasteiger charge is 2.47. The molecule has 0 fully saturated rings. The van der Waals surface area contributed by atoms with Crippen molar-refractivity contribution in [2.45, 2.75) is 19.3 Å². The summed E-state index contributed by atoms with van der Waals surface area (Å²) in [6, 6.07) is 89.7. The van der Waals surface area contributed by atoms with E-state index in [-0.39, 0.29) is 0 Å².